The number of nitrogens with two attached hydrogens (primary N) is 1. The van der Waals surface area contributed by atoms with Gasteiger partial charge in [-0.25, -0.2) is 9.97 Å². The number of carbonyl (C=O) groups is 1. The molecule has 2 aromatic carbocycles. The van der Waals surface area contributed by atoms with E-state index in [0.29, 0.717) is 34.2 Å². The van der Waals surface area contributed by atoms with Gasteiger partial charge in [-0.1, -0.05) is 18.2 Å². The fourth-order valence-electron chi connectivity index (χ4n) is 5.88. The van der Waals surface area contributed by atoms with E-state index >= 15 is 0 Å². The zero-order valence-electron chi connectivity index (χ0n) is 22.3. The number of fused-ring (bicyclic) bond motifs is 1. The van der Waals surface area contributed by atoms with Crippen molar-refractivity contribution in [3.8, 4) is 11.5 Å². The highest BCUT2D eigenvalue weighted by atomic mass is 16.5. The number of anilines is 2. The van der Waals surface area contributed by atoms with Crippen molar-refractivity contribution >= 4 is 28.4 Å². The Morgan fingerprint density at radius 3 is 2.28 bits per heavy atom. The summed E-state index contributed by atoms with van der Waals surface area (Å²) in [4.78, 5) is 27.3. The molecule has 1 saturated carbocycles. The predicted octanol–water partition coefficient (Wildman–Crippen LogP) is 4.79. The Hall–Kier alpha value is -3.95. The Labute approximate surface area is 228 Å². The predicted molar refractivity (Wildman–Crippen MR) is 153 cm³/mol. The standard InChI is InChI=1S/C30H35N7O2/c1-35-15-17-36(18-16-35)22-9-11-23(12-10-22)37-19-26(27-28(31)32-20-33-29(27)37)30(38)34-21-7-13-25(14-8-21)39-24-5-3-2-4-6-24/h2-8,13-14,19-20,22-23H,9-12,15-18H2,1H3,(H,34,38)(H2,31,32,33). The number of para-hydroxylation sites is 1. The largest absolute Gasteiger partial charge is 0.457 e. The van der Waals surface area contributed by atoms with Gasteiger partial charge in [0.1, 0.15) is 29.3 Å². The number of nitrogens with one attached hydrogen (secondary N) is 1. The van der Waals surface area contributed by atoms with Gasteiger partial charge in [-0.2, -0.15) is 0 Å². The Balaban J connectivity index is 1.17. The molecule has 0 atom stereocenters. The van der Waals surface area contributed by atoms with E-state index in [1.807, 2.05) is 60.8 Å². The number of nitrogens with zero attached hydrogens (tertiary/aromatic N) is 5. The number of amides is 1. The molecule has 2 fully saturated rings. The van der Waals surface area contributed by atoms with E-state index in [0.717, 1.165) is 63.3 Å². The van der Waals surface area contributed by atoms with Crippen LogP contribution in [0.3, 0.4) is 0 Å². The van der Waals surface area contributed by atoms with Gasteiger partial charge in [0.05, 0.1) is 10.9 Å². The lowest BCUT2D eigenvalue weighted by Crippen LogP contribution is -2.49. The van der Waals surface area contributed by atoms with Crippen LogP contribution in [0.25, 0.3) is 11.0 Å². The summed E-state index contributed by atoms with van der Waals surface area (Å²) in [5.74, 6) is 1.54. The first-order chi connectivity index (χ1) is 19.0. The van der Waals surface area contributed by atoms with E-state index in [-0.39, 0.29) is 11.9 Å². The van der Waals surface area contributed by atoms with Crippen molar-refractivity contribution in [3.63, 3.8) is 0 Å². The van der Waals surface area contributed by atoms with Gasteiger partial charge < -0.3 is 25.3 Å². The zero-order valence-corrected chi connectivity index (χ0v) is 22.3. The second kappa shape index (κ2) is 11.0. The average Bonchev–Trinajstić information content (AvgIpc) is 3.36. The first kappa shape index (κ1) is 25.3. The highest BCUT2D eigenvalue weighted by Crippen LogP contribution is 2.36. The molecule has 2 aromatic heterocycles. The lowest BCUT2D eigenvalue weighted by atomic mass is 9.89. The molecule has 1 saturated heterocycles. The first-order valence-corrected chi connectivity index (χ1v) is 13.7. The van der Waals surface area contributed by atoms with Crippen molar-refractivity contribution in [3.05, 3.63) is 72.7 Å². The third kappa shape index (κ3) is 5.46. The molecule has 3 heterocycles. The zero-order chi connectivity index (χ0) is 26.8. The highest BCUT2D eigenvalue weighted by Gasteiger charge is 2.30. The maximum Gasteiger partial charge on any atom is 0.258 e. The summed E-state index contributed by atoms with van der Waals surface area (Å²) in [6.07, 6.45) is 7.79. The van der Waals surface area contributed by atoms with Crippen LogP contribution < -0.4 is 15.8 Å². The maximum absolute atomic E-state index is 13.5. The van der Waals surface area contributed by atoms with Crippen molar-refractivity contribution in [1.29, 1.82) is 0 Å². The molecule has 4 aromatic rings. The Morgan fingerprint density at radius 1 is 0.897 bits per heavy atom. The molecular formula is C30H35N7O2. The van der Waals surface area contributed by atoms with Gasteiger partial charge in [-0.15, -0.1) is 0 Å². The van der Waals surface area contributed by atoms with Gasteiger partial charge in [0.25, 0.3) is 5.91 Å². The van der Waals surface area contributed by atoms with Crippen LogP contribution in [0, 0.1) is 0 Å². The summed E-state index contributed by atoms with van der Waals surface area (Å²) >= 11 is 0. The molecule has 1 amide bonds. The monoisotopic (exact) mass is 525 g/mol. The highest BCUT2D eigenvalue weighted by molar-refractivity contribution is 6.14. The Bertz CT molecular complexity index is 1420. The fourth-order valence-corrected chi connectivity index (χ4v) is 5.88. The normalized spacial score (nSPS) is 20.6. The molecule has 2 aliphatic rings. The van der Waals surface area contributed by atoms with E-state index in [2.05, 4.69) is 36.7 Å². The van der Waals surface area contributed by atoms with E-state index in [9.17, 15) is 4.79 Å². The number of benzene rings is 2. The van der Waals surface area contributed by atoms with Crippen molar-refractivity contribution < 1.29 is 9.53 Å². The number of carbonyl (C=O) groups excluding carboxylic acids is 1. The number of ether oxygens (including phenoxy) is 1. The van der Waals surface area contributed by atoms with Crippen molar-refractivity contribution in [2.24, 2.45) is 0 Å². The van der Waals surface area contributed by atoms with Crippen LogP contribution in [0.5, 0.6) is 11.5 Å². The third-order valence-electron chi connectivity index (χ3n) is 8.09. The van der Waals surface area contributed by atoms with Crippen LogP contribution in [-0.2, 0) is 0 Å². The van der Waals surface area contributed by atoms with Gasteiger partial charge in [-0.05, 0) is 69.1 Å². The molecule has 0 unspecified atom stereocenters. The van der Waals surface area contributed by atoms with E-state index in [4.69, 9.17) is 10.5 Å². The molecule has 9 heteroatoms. The van der Waals surface area contributed by atoms with E-state index in [1.54, 1.807) is 0 Å². The van der Waals surface area contributed by atoms with E-state index in [1.165, 1.54) is 6.33 Å². The van der Waals surface area contributed by atoms with Crippen LogP contribution in [0.2, 0.25) is 0 Å². The molecule has 9 nitrogen and oxygen atoms in total. The van der Waals surface area contributed by atoms with Crippen molar-refractivity contribution in [1.82, 2.24) is 24.3 Å². The number of rotatable bonds is 6. The van der Waals surface area contributed by atoms with Crippen LogP contribution in [0.1, 0.15) is 42.1 Å². The molecule has 1 aliphatic carbocycles. The molecule has 0 spiro atoms. The van der Waals surface area contributed by atoms with Gasteiger partial charge in [0.15, 0.2) is 0 Å². The van der Waals surface area contributed by atoms with Crippen LogP contribution >= 0.6 is 0 Å². The summed E-state index contributed by atoms with van der Waals surface area (Å²) in [7, 11) is 2.20. The maximum atomic E-state index is 13.5. The Morgan fingerprint density at radius 2 is 1.56 bits per heavy atom. The second-order valence-corrected chi connectivity index (χ2v) is 10.6. The third-order valence-corrected chi connectivity index (χ3v) is 8.09. The van der Waals surface area contributed by atoms with Gasteiger partial charge in [-0.3, -0.25) is 9.69 Å². The smallest absolute Gasteiger partial charge is 0.258 e. The Kier molecular flexibility index (Phi) is 7.17. The van der Waals surface area contributed by atoms with Gasteiger partial charge in [0, 0.05) is 50.1 Å². The SMILES string of the molecule is CN1CCN(C2CCC(n3cc(C(=O)Nc4ccc(Oc5ccccc5)cc4)c4c(N)ncnc43)CC2)CC1. The molecule has 6 rings (SSSR count). The molecule has 1 aliphatic heterocycles. The minimum absolute atomic E-state index is 0.233. The second-order valence-electron chi connectivity index (χ2n) is 10.6. The number of nitrogen functional groups attached to an aromatic ring is 1. The summed E-state index contributed by atoms with van der Waals surface area (Å²) in [6, 6.07) is 17.8. The summed E-state index contributed by atoms with van der Waals surface area (Å²) < 4.78 is 8.02. The molecule has 0 bridgehead atoms. The molecule has 0 radical (unpaired) electrons. The number of likely N-dealkylation sites (N-methyl/N-ethyl adjacent to an activating group) is 1. The fraction of sp³-hybridized carbons (Fsp3) is 0.367. The van der Waals surface area contributed by atoms with Crippen LogP contribution in [-0.4, -0.2) is 69.5 Å². The quantitative estimate of drug-likeness (QED) is 0.373. The van der Waals surface area contributed by atoms with Crippen molar-refractivity contribution in [2.45, 2.75) is 37.8 Å². The minimum Gasteiger partial charge on any atom is -0.457 e. The van der Waals surface area contributed by atoms with Crippen LogP contribution in [0.4, 0.5) is 11.5 Å². The topological polar surface area (TPSA) is 102 Å². The lowest BCUT2D eigenvalue weighted by molar-refractivity contribution is 0.0827. The molecule has 3 N–H and O–H groups in total. The van der Waals surface area contributed by atoms with Crippen molar-refractivity contribution in [2.75, 3.05) is 44.3 Å². The van der Waals surface area contributed by atoms with Gasteiger partial charge in [0.2, 0.25) is 0 Å². The first-order valence-electron chi connectivity index (χ1n) is 13.7. The lowest BCUT2D eigenvalue weighted by Gasteiger charge is -2.41. The number of hydrogen-bond acceptors (Lipinski definition) is 7. The number of piperazine rings is 1. The summed E-state index contributed by atoms with van der Waals surface area (Å²) in [5.41, 5.74) is 8.17. The average molecular weight is 526 g/mol. The van der Waals surface area contributed by atoms with E-state index < -0.39 is 0 Å². The number of hydrogen-bond donors (Lipinski definition) is 2. The summed E-state index contributed by atoms with van der Waals surface area (Å²) in [6.45, 7) is 4.57. The van der Waals surface area contributed by atoms with Crippen LogP contribution in [0.15, 0.2) is 67.1 Å². The molecule has 202 valence electrons. The summed E-state index contributed by atoms with van der Waals surface area (Å²) in [5, 5.41) is 3.62. The van der Waals surface area contributed by atoms with Gasteiger partial charge >= 0.3 is 0 Å². The number of aromatic nitrogens is 3. The molecule has 39 heavy (non-hydrogen) atoms. The molecular weight excluding hydrogens is 490 g/mol. The minimum atomic E-state index is -0.233.